The van der Waals surface area contributed by atoms with Crippen molar-refractivity contribution in [1.82, 2.24) is 0 Å². The molecule has 0 aromatic heterocycles. The number of esters is 3. The van der Waals surface area contributed by atoms with Gasteiger partial charge >= 0.3 is 17.9 Å². The van der Waals surface area contributed by atoms with Crippen LogP contribution in [0.1, 0.15) is 209 Å². The number of carbonyl (C=O) groups excluding carboxylic acids is 4. The predicted molar refractivity (Wildman–Crippen MR) is 474 cm³/mol. The first-order valence-electron chi connectivity index (χ1n) is 43.8. The number of benzene rings is 3. The molecule has 3 aromatic rings. The maximum atomic E-state index is 12.0. The summed E-state index contributed by atoms with van der Waals surface area (Å²) in [5, 5.41) is 80.9. The number of methoxy groups -OCH3 is 2. The number of rotatable bonds is 21. The van der Waals surface area contributed by atoms with Crippen LogP contribution in [-0.4, -0.2) is 241 Å². The van der Waals surface area contributed by atoms with Crippen LogP contribution < -0.4 is 5.73 Å². The van der Waals surface area contributed by atoms with E-state index in [-0.39, 0.29) is 146 Å². The molecule has 118 heavy (non-hydrogen) atoms. The van der Waals surface area contributed by atoms with Gasteiger partial charge in [-0.3, -0.25) is 4.79 Å². The largest absolute Gasteiger partial charge is 0.459 e. The fourth-order valence-electron chi connectivity index (χ4n) is 19.1. The second-order valence-electron chi connectivity index (χ2n) is 34.5. The van der Waals surface area contributed by atoms with Gasteiger partial charge in [0.15, 0.2) is 11.9 Å². The first-order chi connectivity index (χ1) is 56.2. The van der Waals surface area contributed by atoms with Crippen molar-refractivity contribution in [2.75, 3.05) is 53.9 Å². The highest BCUT2D eigenvalue weighted by Gasteiger charge is 2.45. The molecule has 9 aliphatic rings. The minimum absolute atomic E-state index is 0.0128. The fourth-order valence-corrected chi connectivity index (χ4v) is 19.1. The summed E-state index contributed by atoms with van der Waals surface area (Å²) in [6, 6.07) is 26.1. The Bertz CT molecular complexity index is 3100. The van der Waals surface area contributed by atoms with E-state index in [2.05, 4.69) is 62.0 Å². The number of hydrogen-bond donors (Lipinski definition) is 10. The zero-order chi connectivity index (χ0) is 88.2. The first-order valence-corrected chi connectivity index (χ1v) is 43.8. The van der Waals surface area contributed by atoms with E-state index in [1.54, 1.807) is 74.9 Å². The number of aliphatic hydroxyl groups is 9. The Hall–Kier alpha value is -4.48. The zero-order valence-electron chi connectivity index (χ0n) is 72.7. The smallest absolute Gasteiger partial charge is 0.338 e. The molecule has 0 aliphatic heterocycles. The maximum Gasteiger partial charge on any atom is 0.338 e. The average Bonchev–Trinajstić information content (AvgIpc) is 1.68. The van der Waals surface area contributed by atoms with Crippen LogP contribution in [0.2, 0.25) is 46.5 Å². The monoisotopic (exact) mass is 1620 g/mol. The normalized spacial score (nSPS) is 36.6. The summed E-state index contributed by atoms with van der Waals surface area (Å²) in [4.78, 5) is 47.8. The summed E-state index contributed by atoms with van der Waals surface area (Å²) in [6.45, 7) is 24.6. The van der Waals surface area contributed by atoms with Crippen molar-refractivity contribution in [3.05, 3.63) is 120 Å². The highest BCUT2D eigenvalue weighted by atomic mass is 16.6. The standard InChI is InChI=1S/C15H19BO3.C15H17BO2.C14H15BO3.C10H19B.C9H17BO2.C9H17B.C7H13BO2.C6H11BO3.C6H13NO3/c1-2-10-8-13(16)14(12(10)9-17)19-15(18)11-6-4-3-5-7-11;1-3-11-9-13(16)14(10(11)2)18-15(17)12-7-5-4-6-8-12;1-2-9-8-11(15)13(12(9)16)18-14(17)10-6-4-3-5-7-10;1-4-8-6-10(11)7(3)9(8)5-2;1-6-8(10)4-7(5-11-2)9(6)12-3;1-3-7-5-9(10)6-8(7)4-2;8-7-1-5(3-9)6(2-7)4-10;2*7-4-1-3(2-8)5(9)6(4)10/h3-7,10,12-14,17H,2,8-9H2,1H3;4-8,11,13-14H,2-3,9H2,1H3;3-7,9,11,13H,2,8H2,1H3;7-10H,4-6H2,1-3H3;6-9H,4-5H2,1-3H3;7-9H,3-6H2,1-2H3;5-7,9-10H,1-4H2;3-6,8-10H,1-2H2;3-6,8-10H,1-2,7H2. The van der Waals surface area contributed by atoms with E-state index in [1.165, 1.54) is 44.9 Å². The zero-order valence-corrected chi connectivity index (χ0v) is 72.7. The number of carbonyl (C=O) groups is 4. The first kappa shape index (κ1) is 106. The lowest BCUT2D eigenvalue weighted by Gasteiger charge is -2.24. The summed E-state index contributed by atoms with van der Waals surface area (Å²) in [5.41, 5.74) is 7.88. The molecule has 0 spiro atoms. The Morgan fingerprint density at radius 1 is 0.390 bits per heavy atom. The lowest BCUT2D eigenvalue weighted by molar-refractivity contribution is -0.128. The second kappa shape index (κ2) is 55.0. The van der Waals surface area contributed by atoms with E-state index >= 15 is 0 Å². The fraction of sp³-hybridized carbons (Fsp3) is 0.736. The molecule has 12 rings (SSSR count). The number of Topliss-reactive ketones (excluding diaryl/α,β-unsaturated/α-hetero) is 1. The van der Waals surface area contributed by atoms with Crippen molar-refractivity contribution < 1.29 is 88.8 Å². The van der Waals surface area contributed by atoms with E-state index in [0.717, 1.165) is 93.1 Å². The average molecular weight is 1620 g/mol. The minimum Gasteiger partial charge on any atom is -0.459 e. The SMILES string of the molecule is NC1CC(CO)C(O)C1O.[B]C1CC(CC)C(=C)C1OC(=O)c1ccccc1.[B]C1CC(CC)C(=O)C1OC(=O)c1ccccc1.[B]C1CC(CC)C(CC)C1.[B]C1CC(CC)C(CC)C1C.[B]C1CC(CC)C(CO)C1OC(=O)c1ccccc1.[B]C1CC(CO)C(CO)C1.[B]C1CC(CO)C(O)C1O.[B]C1CC(COC)C(OC)C1C. The lowest BCUT2D eigenvalue weighted by Crippen LogP contribution is -2.35. The topological polar surface area (TPSA) is 323 Å². The Kier molecular flexibility index (Phi) is 49.3. The van der Waals surface area contributed by atoms with Gasteiger partial charge in [-0.1, -0.05) is 224 Å². The molecule has 27 heteroatoms. The molecule has 30 atom stereocenters. The Balaban J connectivity index is 0.000000283. The van der Waals surface area contributed by atoms with Crippen LogP contribution in [0.4, 0.5) is 0 Å². The second-order valence-corrected chi connectivity index (χ2v) is 34.5. The molecule has 0 amide bonds. The van der Waals surface area contributed by atoms with E-state index in [0.29, 0.717) is 71.3 Å². The van der Waals surface area contributed by atoms with Gasteiger partial charge in [-0.15, -0.1) is 0 Å². The van der Waals surface area contributed by atoms with Crippen LogP contribution in [0.25, 0.3) is 0 Å². The van der Waals surface area contributed by atoms with E-state index in [1.807, 2.05) is 37.3 Å². The molecular formula is C91H141B8NO18. The summed E-state index contributed by atoms with van der Waals surface area (Å²) in [5.74, 6) is 5.06. The molecule has 3 aromatic carbocycles. The minimum atomic E-state index is -0.864. The van der Waals surface area contributed by atoms with Crippen molar-refractivity contribution in [2.45, 2.75) is 279 Å². The Labute approximate surface area is 718 Å². The van der Waals surface area contributed by atoms with Gasteiger partial charge in [-0.05, 0) is 163 Å². The van der Waals surface area contributed by atoms with E-state index in [4.69, 9.17) is 133 Å². The Morgan fingerprint density at radius 3 is 1.12 bits per heavy atom. The molecule has 11 N–H and O–H groups in total. The molecule has 30 unspecified atom stereocenters. The van der Waals surface area contributed by atoms with Gasteiger partial charge in [0.2, 0.25) is 0 Å². The van der Waals surface area contributed by atoms with Crippen molar-refractivity contribution in [1.29, 1.82) is 0 Å². The third-order valence-electron chi connectivity index (χ3n) is 26.8. The molecule has 0 saturated heterocycles. The molecule has 0 heterocycles. The van der Waals surface area contributed by atoms with Crippen LogP contribution in [0.3, 0.4) is 0 Å². The van der Waals surface area contributed by atoms with E-state index in [9.17, 15) is 24.3 Å². The van der Waals surface area contributed by atoms with Crippen molar-refractivity contribution in [3.63, 3.8) is 0 Å². The van der Waals surface area contributed by atoms with Gasteiger partial charge in [0.05, 0.1) is 117 Å². The van der Waals surface area contributed by atoms with Gasteiger partial charge in [-0.25, -0.2) is 14.4 Å². The van der Waals surface area contributed by atoms with Gasteiger partial charge < -0.3 is 75.4 Å². The van der Waals surface area contributed by atoms with Crippen molar-refractivity contribution in [3.8, 4) is 0 Å². The van der Waals surface area contributed by atoms with Crippen LogP contribution in [0, 0.1) is 88.8 Å². The Morgan fingerprint density at radius 2 is 0.771 bits per heavy atom. The van der Waals surface area contributed by atoms with Crippen LogP contribution in [-0.2, 0) is 28.5 Å². The van der Waals surface area contributed by atoms with Crippen LogP contribution in [0.5, 0.6) is 0 Å². The molecule has 9 saturated carbocycles. The van der Waals surface area contributed by atoms with Gasteiger partial charge in [0, 0.05) is 82.9 Å². The van der Waals surface area contributed by atoms with Crippen LogP contribution >= 0.6 is 0 Å². The number of nitrogens with two attached hydrogens (primary N) is 1. The van der Waals surface area contributed by atoms with E-state index < -0.39 is 36.5 Å². The summed E-state index contributed by atoms with van der Waals surface area (Å²) < 4.78 is 26.8. The molecule has 0 bridgehead atoms. The third kappa shape index (κ3) is 31.3. The van der Waals surface area contributed by atoms with Gasteiger partial charge in [0.1, 0.15) is 12.2 Å². The van der Waals surface area contributed by atoms with Crippen LogP contribution in [0.15, 0.2) is 103 Å². The summed E-state index contributed by atoms with van der Waals surface area (Å²) in [6.07, 6.45) is 13.1. The maximum absolute atomic E-state index is 12.0. The lowest BCUT2D eigenvalue weighted by atomic mass is 9.77. The number of ether oxygens (including phenoxy) is 5. The highest BCUT2D eigenvalue weighted by molar-refractivity contribution is 6.17. The summed E-state index contributed by atoms with van der Waals surface area (Å²) >= 11 is 0. The molecule has 9 fully saturated rings. The third-order valence-corrected chi connectivity index (χ3v) is 26.8. The highest BCUT2D eigenvalue weighted by Crippen LogP contribution is 2.48. The van der Waals surface area contributed by atoms with Crippen molar-refractivity contribution >= 4 is 86.5 Å². The number of ketones is 1. The van der Waals surface area contributed by atoms with Gasteiger partial charge in [-0.2, -0.15) is 0 Å². The molecule has 642 valence electrons. The molecule has 19 nitrogen and oxygen atoms in total. The molecular weight excluding hydrogens is 1480 g/mol. The quantitative estimate of drug-likeness (QED) is 0.0205. The van der Waals surface area contributed by atoms with Crippen molar-refractivity contribution in [2.24, 2.45) is 94.5 Å². The predicted octanol–water partition coefficient (Wildman–Crippen LogP) is 11.3. The molecule has 9 aliphatic carbocycles. The number of hydrogen-bond acceptors (Lipinski definition) is 19. The summed E-state index contributed by atoms with van der Waals surface area (Å²) in [7, 11) is 50.3. The number of aliphatic hydroxyl groups excluding tert-OH is 9. The van der Waals surface area contributed by atoms with Gasteiger partial charge in [0.25, 0.3) is 0 Å². The molecule has 16 radical (unpaired) electrons.